The first-order chi connectivity index (χ1) is 13.5. The SMILES string of the molecule is CC[C@@]1(C)C[C@](CCN=Cc2ccccc2O)(c2ccc(OC)cc2)CCO1. The lowest BCUT2D eigenvalue weighted by Crippen LogP contribution is -2.45. The van der Waals surface area contributed by atoms with E-state index in [1.54, 1.807) is 19.4 Å². The number of aromatic hydroxyl groups is 1. The third kappa shape index (κ3) is 4.56. The van der Waals surface area contributed by atoms with Crippen LogP contribution >= 0.6 is 0 Å². The van der Waals surface area contributed by atoms with Crippen LogP contribution in [0.1, 0.15) is 50.7 Å². The number of nitrogens with zero attached hydrogens (tertiary/aromatic N) is 1. The molecule has 4 heteroatoms. The van der Waals surface area contributed by atoms with Crippen LogP contribution in [0.5, 0.6) is 11.5 Å². The summed E-state index contributed by atoms with van der Waals surface area (Å²) in [4.78, 5) is 4.62. The fourth-order valence-electron chi connectivity index (χ4n) is 4.16. The molecule has 1 N–H and O–H groups in total. The van der Waals surface area contributed by atoms with Crippen molar-refractivity contribution in [2.75, 3.05) is 20.3 Å². The molecule has 28 heavy (non-hydrogen) atoms. The van der Waals surface area contributed by atoms with Crippen LogP contribution in [0.2, 0.25) is 0 Å². The van der Waals surface area contributed by atoms with Gasteiger partial charge in [-0.2, -0.15) is 0 Å². The molecule has 0 aliphatic carbocycles. The molecular weight excluding hydrogens is 350 g/mol. The number of benzene rings is 2. The molecule has 1 aliphatic rings. The molecule has 0 bridgehead atoms. The Balaban J connectivity index is 1.81. The van der Waals surface area contributed by atoms with Gasteiger partial charge in [-0.1, -0.05) is 31.2 Å². The number of ether oxygens (including phenoxy) is 2. The Labute approximate surface area is 168 Å². The largest absolute Gasteiger partial charge is 0.507 e. The van der Waals surface area contributed by atoms with Gasteiger partial charge < -0.3 is 14.6 Å². The first-order valence-corrected chi connectivity index (χ1v) is 10.1. The minimum Gasteiger partial charge on any atom is -0.507 e. The first-order valence-electron chi connectivity index (χ1n) is 10.1. The van der Waals surface area contributed by atoms with Crippen molar-refractivity contribution in [2.45, 2.75) is 50.5 Å². The highest BCUT2D eigenvalue weighted by Gasteiger charge is 2.43. The van der Waals surface area contributed by atoms with E-state index in [9.17, 15) is 5.11 Å². The fraction of sp³-hybridized carbons (Fsp3) is 0.458. The number of hydrogen-bond acceptors (Lipinski definition) is 4. The lowest BCUT2D eigenvalue weighted by molar-refractivity contribution is -0.0976. The summed E-state index contributed by atoms with van der Waals surface area (Å²) in [6, 6.07) is 15.7. The van der Waals surface area contributed by atoms with Gasteiger partial charge in [0.05, 0.1) is 12.7 Å². The average Bonchev–Trinajstić information content (AvgIpc) is 2.72. The van der Waals surface area contributed by atoms with E-state index in [0.29, 0.717) is 6.54 Å². The molecule has 3 rings (SSSR count). The van der Waals surface area contributed by atoms with Crippen molar-refractivity contribution in [1.82, 2.24) is 0 Å². The molecule has 0 saturated carbocycles. The Morgan fingerprint density at radius 1 is 1.18 bits per heavy atom. The van der Waals surface area contributed by atoms with Gasteiger partial charge in [0.15, 0.2) is 0 Å². The molecule has 0 amide bonds. The van der Waals surface area contributed by atoms with E-state index >= 15 is 0 Å². The maximum atomic E-state index is 9.92. The molecular formula is C24H31NO3. The Hall–Kier alpha value is -2.33. The summed E-state index contributed by atoms with van der Waals surface area (Å²) in [6.45, 7) is 5.88. The van der Waals surface area contributed by atoms with Crippen molar-refractivity contribution >= 4 is 6.21 Å². The maximum absolute atomic E-state index is 9.92. The van der Waals surface area contributed by atoms with Crippen LogP contribution < -0.4 is 4.74 Å². The number of methoxy groups -OCH3 is 1. The number of aliphatic imine (C=N–C) groups is 1. The van der Waals surface area contributed by atoms with E-state index in [0.717, 1.165) is 43.6 Å². The second kappa shape index (κ2) is 8.78. The maximum Gasteiger partial charge on any atom is 0.124 e. The molecule has 0 radical (unpaired) electrons. The third-order valence-electron chi connectivity index (χ3n) is 6.08. The van der Waals surface area contributed by atoms with Gasteiger partial charge in [-0.05, 0) is 62.4 Å². The molecule has 1 saturated heterocycles. The zero-order valence-electron chi connectivity index (χ0n) is 17.1. The summed E-state index contributed by atoms with van der Waals surface area (Å²) in [5.41, 5.74) is 2.01. The van der Waals surface area contributed by atoms with Crippen molar-refractivity contribution in [2.24, 2.45) is 4.99 Å². The minimum atomic E-state index is -0.112. The summed E-state index contributed by atoms with van der Waals surface area (Å²) < 4.78 is 11.5. The molecule has 2 aromatic carbocycles. The van der Waals surface area contributed by atoms with E-state index in [2.05, 4.69) is 31.0 Å². The second-order valence-corrected chi connectivity index (χ2v) is 7.93. The fourth-order valence-corrected chi connectivity index (χ4v) is 4.16. The second-order valence-electron chi connectivity index (χ2n) is 7.93. The number of rotatable bonds is 7. The molecule has 1 heterocycles. The zero-order valence-corrected chi connectivity index (χ0v) is 17.1. The van der Waals surface area contributed by atoms with Crippen LogP contribution in [0, 0.1) is 0 Å². The Kier molecular flexibility index (Phi) is 6.40. The summed E-state index contributed by atoms with van der Waals surface area (Å²) in [6.07, 6.45) is 5.68. The predicted molar refractivity (Wildman–Crippen MR) is 114 cm³/mol. The molecule has 0 aromatic heterocycles. The number of phenolic OH excluding ortho intramolecular Hbond substituents is 1. The van der Waals surface area contributed by atoms with Crippen LogP contribution in [0.3, 0.4) is 0 Å². The Morgan fingerprint density at radius 3 is 2.61 bits per heavy atom. The van der Waals surface area contributed by atoms with Crippen LogP contribution in [0.15, 0.2) is 53.5 Å². The van der Waals surface area contributed by atoms with Crippen LogP contribution in [0.4, 0.5) is 0 Å². The van der Waals surface area contributed by atoms with Gasteiger partial charge in [0.2, 0.25) is 0 Å². The molecule has 4 nitrogen and oxygen atoms in total. The highest BCUT2D eigenvalue weighted by molar-refractivity contribution is 5.83. The van der Waals surface area contributed by atoms with Crippen molar-refractivity contribution < 1.29 is 14.6 Å². The van der Waals surface area contributed by atoms with Gasteiger partial charge in [-0.25, -0.2) is 0 Å². The molecule has 1 aliphatic heterocycles. The standard InChI is InChI=1S/C24H31NO3/c1-4-23(2)18-24(14-16-28-23,20-9-11-21(27-3)12-10-20)13-15-25-17-19-7-5-6-8-22(19)26/h5-12,17,26H,4,13-16,18H2,1-3H3/t23-,24+/m0/s1. The molecule has 2 aromatic rings. The van der Waals surface area contributed by atoms with Gasteiger partial charge in [-0.15, -0.1) is 0 Å². The first kappa shape index (κ1) is 20.4. The zero-order chi connectivity index (χ0) is 20.0. The Morgan fingerprint density at radius 2 is 1.93 bits per heavy atom. The van der Waals surface area contributed by atoms with Gasteiger partial charge in [-0.3, -0.25) is 4.99 Å². The average molecular weight is 382 g/mol. The van der Waals surface area contributed by atoms with Crippen molar-refractivity contribution in [3.63, 3.8) is 0 Å². The molecule has 2 atom stereocenters. The summed E-state index contributed by atoms with van der Waals surface area (Å²) in [5.74, 6) is 1.14. The van der Waals surface area contributed by atoms with E-state index in [-0.39, 0.29) is 16.8 Å². The third-order valence-corrected chi connectivity index (χ3v) is 6.08. The quantitative estimate of drug-likeness (QED) is 0.677. The number of phenols is 1. The number of hydrogen-bond donors (Lipinski definition) is 1. The minimum absolute atomic E-state index is 0.0331. The van der Waals surface area contributed by atoms with E-state index in [1.165, 1.54) is 5.56 Å². The van der Waals surface area contributed by atoms with Gasteiger partial charge >= 0.3 is 0 Å². The normalized spacial score (nSPS) is 25.1. The molecule has 0 unspecified atom stereocenters. The summed E-state index contributed by atoms with van der Waals surface area (Å²) in [5, 5.41) is 9.92. The van der Waals surface area contributed by atoms with Crippen molar-refractivity contribution in [3.8, 4) is 11.5 Å². The lowest BCUT2D eigenvalue weighted by atomic mass is 9.66. The van der Waals surface area contributed by atoms with Gasteiger partial charge in [0.1, 0.15) is 11.5 Å². The summed E-state index contributed by atoms with van der Waals surface area (Å²) >= 11 is 0. The van der Waals surface area contributed by atoms with Crippen molar-refractivity contribution in [1.29, 1.82) is 0 Å². The van der Waals surface area contributed by atoms with Crippen molar-refractivity contribution in [3.05, 3.63) is 59.7 Å². The molecule has 1 fully saturated rings. The topological polar surface area (TPSA) is 51.1 Å². The highest BCUT2D eigenvalue weighted by atomic mass is 16.5. The number of para-hydroxylation sites is 1. The van der Waals surface area contributed by atoms with E-state index in [1.807, 2.05) is 30.3 Å². The molecule has 0 spiro atoms. The van der Waals surface area contributed by atoms with E-state index in [4.69, 9.17) is 9.47 Å². The van der Waals surface area contributed by atoms with Crippen LogP contribution in [0.25, 0.3) is 0 Å². The molecule has 150 valence electrons. The van der Waals surface area contributed by atoms with Crippen LogP contribution in [-0.4, -0.2) is 37.2 Å². The van der Waals surface area contributed by atoms with Gasteiger partial charge in [0, 0.05) is 30.3 Å². The predicted octanol–water partition coefficient (Wildman–Crippen LogP) is 5.13. The Bertz CT molecular complexity index is 802. The highest BCUT2D eigenvalue weighted by Crippen LogP contribution is 2.45. The van der Waals surface area contributed by atoms with Crippen LogP contribution in [-0.2, 0) is 10.2 Å². The summed E-state index contributed by atoms with van der Waals surface area (Å²) in [7, 11) is 1.70. The monoisotopic (exact) mass is 381 g/mol. The van der Waals surface area contributed by atoms with E-state index < -0.39 is 0 Å². The smallest absolute Gasteiger partial charge is 0.124 e. The lowest BCUT2D eigenvalue weighted by Gasteiger charge is -2.46. The van der Waals surface area contributed by atoms with Gasteiger partial charge in [0.25, 0.3) is 0 Å².